The zero-order valence-electron chi connectivity index (χ0n) is 27.2. The Bertz CT molecular complexity index is 1400. The van der Waals surface area contributed by atoms with Crippen molar-refractivity contribution in [3.8, 4) is 0 Å². The second kappa shape index (κ2) is 18.3. The molecule has 0 spiro atoms. The van der Waals surface area contributed by atoms with Gasteiger partial charge in [-0.05, 0) is 41.0 Å². The van der Waals surface area contributed by atoms with Crippen LogP contribution in [-0.4, -0.2) is 43.9 Å². The van der Waals surface area contributed by atoms with E-state index in [4.69, 9.17) is 28.4 Å². The summed E-state index contributed by atoms with van der Waals surface area (Å²) < 4.78 is 40.1. The summed E-state index contributed by atoms with van der Waals surface area (Å²) in [7, 11) is 0. The van der Waals surface area contributed by atoms with E-state index in [1.54, 1.807) is 0 Å². The van der Waals surface area contributed by atoms with Gasteiger partial charge in [-0.15, -0.1) is 0 Å². The zero-order valence-corrected chi connectivity index (χ0v) is 27.2. The maximum Gasteiger partial charge on any atom is 0.186 e. The smallest absolute Gasteiger partial charge is 0.186 e. The molecule has 4 aromatic rings. The largest absolute Gasteiger partial charge is 0.374 e. The maximum absolute atomic E-state index is 6.82. The Morgan fingerprint density at radius 2 is 0.894 bits per heavy atom. The molecule has 47 heavy (non-hydrogen) atoms. The highest BCUT2D eigenvalue weighted by Gasteiger charge is 2.49. The average Bonchev–Trinajstić information content (AvgIpc) is 3.14. The average molecular weight is 637 g/mol. The minimum absolute atomic E-state index is 0.328. The van der Waals surface area contributed by atoms with Crippen molar-refractivity contribution in [2.75, 3.05) is 13.2 Å². The molecule has 0 radical (unpaired) electrons. The second-order valence-corrected chi connectivity index (χ2v) is 12.7. The van der Waals surface area contributed by atoms with Crippen LogP contribution in [0.1, 0.15) is 54.4 Å². The monoisotopic (exact) mass is 636 g/mol. The van der Waals surface area contributed by atoms with Gasteiger partial charge in [0.2, 0.25) is 0 Å². The molecule has 5 atom stereocenters. The quantitative estimate of drug-likeness (QED) is 0.123. The van der Waals surface area contributed by atoms with E-state index >= 15 is 0 Å². The Morgan fingerprint density at radius 1 is 0.447 bits per heavy atom. The molecule has 0 N–H and O–H groups in total. The molecule has 0 bridgehead atoms. The van der Waals surface area contributed by atoms with Gasteiger partial charge in [0, 0.05) is 0 Å². The van der Waals surface area contributed by atoms with Gasteiger partial charge in [-0.1, -0.05) is 141 Å². The van der Waals surface area contributed by atoms with Crippen molar-refractivity contribution in [3.05, 3.63) is 144 Å². The van der Waals surface area contributed by atoms with Gasteiger partial charge in [0.1, 0.15) is 24.4 Å². The molecule has 1 saturated heterocycles. The van der Waals surface area contributed by atoms with Crippen molar-refractivity contribution in [2.45, 2.75) is 89.2 Å². The van der Waals surface area contributed by atoms with Crippen LogP contribution in [-0.2, 0) is 54.8 Å². The van der Waals surface area contributed by atoms with E-state index in [1.165, 1.54) is 32.1 Å². The minimum atomic E-state index is -0.636. The van der Waals surface area contributed by atoms with Gasteiger partial charge in [0.25, 0.3) is 0 Å². The molecule has 1 aliphatic heterocycles. The molecular weight excluding hydrogens is 588 g/mol. The first-order valence-corrected chi connectivity index (χ1v) is 17.2. The summed E-state index contributed by atoms with van der Waals surface area (Å²) in [5.74, 6) is 0.519. The van der Waals surface area contributed by atoms with Crippen LogP contribution in [0.2, 0.25) is 0 Å². The zero-order chi connectivity index (χ0) is 31.9. The van der Waals surface area contributed by atoms with Crippen molar-refractivity contribution >= 4 is 0 Å². The van der Waals surface area contributed by atoms with E-state index in [1.807, 2.05) is 72.8 Å². The second-order valence-electron chi connectivity index (χ2n) is 12.7. The number of rotatable bonds is 16. The van der Waals surface area contributed by atoms with Gasteiger partial charge in [-0.3, -0.25) is 0 Å². The lowest BCUT2D eigenvalue weighted by Gasteiger charge is -2.46. The van der Waals surface area contributed by atoms with Crippen LogP contribution in [0, 0.1) is 5.92 Å². The summed E-state index contributed by atoms with van der Waals surface area (Å²) in [6, 6.07) is 40.9. The van der Waals surface area contributed by atoms with Crippen LogP contribution in [0.25, 0.3) is 0 Å². The van der Waals surface area contributed by atoms with Gasteiger partial charge >= 0.3 is 0 Å². The predicted octanol–water partition coefficient (Wildman–Crippen LogP) is 8.28. The van der Waals surface area contributed by atoms with E-state index in [-0.39, 0.29) is 0 Å². The normalized spacial score (nSPS) is 23.4. The Kier molecular flexibility index (Phi) is 13.0. The fourth-order valence-corrected chi connectivity index (χ4v) is 6.47. The van der Waals surface area contributed by atoms with Crippen molar-refractivity contribution in [1.82, 2.24) is 0 Å². The Morgan fingerprint density at radius 3 is 1.40 bits per heavy atom. The molecule has 0 aromatic heterocycles. The Labute approximate surface area is 279 Å². The van der Waals surface area contributed by atoms with Crippen LogP contribution < -0.4 is 0 Å². The SMILES string of the molecule is c1ccc(COCC2OC(OCC3CCCCC3)C(OCc3ccccc3)C(OCc3ccccc3)C2OCc2ccccc2)cc1. The summed E-state index contributed by atoms with van der Waals surface area (Å²) in [4.78, 5) is 0. The lowest BCUT2D eigenvalue weighted by atomic mass is 9.90. The number of hydrogen-bond donors (Lipinski definition) is 0. The summed E-state index contributed by atoms with van der Waals surface area (Å²) in [5, 5.41) is 0. The molecule has 6 rings (SSSR count). The van der Waals surface area contributed by atoms with Gasteiger partial charge in [-0.25, -0.2) is 0 Å². The molecule has 0 amide bonds. The molecule has 6 nitrogen and oxygen atoms in total. The van der Waals surface area contributed by atoms with Crippen LogP contribution in [0.3, 0.4) is 0 Å². The maximum atomic E-state index is 6.82. The lowest BCUT2D eigenvalue weighted by molar-refractivity contribution is -0.330. The Hall–Kier alpha value is -3.36. The number of benzene rings is 4. The summed E-state index contributed by atoms with van der Waals surface area (Å²) >= 11 is 0. The summed E-state index contributed by atoms with van der Waals surface area (Å²) in [6.07, 6.45) is 3.64. The summed E-state index contributed by atoms with van der Waals surface area (Å²) in [6.45, 7) is 2.67. The molecule has 4 aromatic carbocycles. The first kappa shape index (κ1) is 33.5. The van der Waals surface area contributed by atoms with Gasteiger partial charge < -0.3 is 28.4 Å². The predicted molar refractivity (Wildman–Crippen MR) is 182 cm³/mol. The van der Waals surface area contributed by atoms with Gasteiger partial charge in [-0.2, -0.15) is 0 Å². The first-order chi connectivity index (χ1) is 23.3. The molecule has 1 heterocycles. The molecule has 1 saturated carbocycles. The number of hydrogen-bond acceptors (Lipinski definition) is 6. The van der Waals surface area contributed by atoms with Crippen molar-refractivity contribution in [2.24, 2.45) is 5.92 Å². The molecule has 248 valence electrons. The third-order valence-corrected chi connectivity index (χ3v) is 9.06. The van der Waals surface area contributed by atoms with Crippen molar-refractivity contribution in [3.63, 3.8) is 0 Å². The Balaban J connectivity index is 1.27. The third-order valence-electron chi connectivity index (χ3n) is 9.06. The fraction of sp³-hybridized carbons (Fsp3) is 0.415. The van der Waals surface area contributed by atoms with Crippen molar-refractivity contribution in [1.29, 1.82) is 0 Å². The van der Waals surface area contributed by atoms with Crippen LogP contribution >= 0.6 is 0 Å². The third kappa shape index (κ3) is 10.3. The first-order valence-electron chi connectivity index (χ1n) is 17.2. The summed E-state index contributed by atoms with van der Waals surface area (Å²) in [5.41, 5.74) is 4.35. The van der Waals surface area contributed by atoms with Crippen LogP contribution in [0.5, 0.6) is 0 Å². The number of ether oxygens (including phenoxy) is 6. The van der Waals surface area contributed by atoms with E-state index in [9.17, 15) is 0 Å². The molecule has 5 unspecified atom stereocenters. The fourth-order valence-electron chi connectivity index (χ4n) is 6.47. The van der Waals surface area contributed by atoms with E-state index in [0.29, 0.717) is 45.6 Å². The highest BCUT2D eigenvalue weighted by molar-refractivity contribution is 5.16. The highest BCUT2D eigenvalue weighted by atomic mass is 16.7. The lowest BCUT2D eigenvalue weighted by Crippen LogP contribution is -2.62. The molecule has 2 fully saturated rings. The molecule has 1 aliphatic carbocycles. The van der Waals surface area contributed by atoms with E-state index < -0.39 is 30.7 Å². The standard InChI is InChI=1S/C41H48O6/c1-6-16-32(17-7-1)26-42-31-37-38(43-27-33-18-8-2-9-19-33)39(44-28-34-20-10-3-11-21-34)40(45-29-35-22-12-4-13-23-35)41(47-37)46-30-36-24-14-5-15-25-36/h1-4,6-13,16-23,36-41H,5,14-15,24-31H2. The van der Waals surface area contributed by atoms with E-state index in [2.05, 4.69) is 48.5 Å². The highest BCUT2D eigenvalue weighted by Crippen LogP contribution is 2.33. The molecule has 2 aliphatic rings. The van der Waals surface area contributed by atoms with Crippen LogP contribution in [0.15, 0.2) is 121 Å². The van der Waals surface area contributed by atoms with Gasteiger partial charge in [0.15, 0.2) is 6.29 Å². The van der Waals surface area contributed by atoms with Crippen molar-refractivity contribution < 1.29 is 28.4 Å². The molecule has 6 heteroatoms. The minimum Gasteiger partial charge on any atom is -0.374 e. The van der Waals surface area contributed by atoms with Crippen LogP contribution in [0.4, 0.5) is 0 Å². The molecular formula is C41H48O6. The van der Waals surface area contributed by atoms with Gasteiger partial charge in [0.05, 0.1) is 39.6 Å². The van der Waals surface area contributed by atoms with E-state index in [0.717, 1.165) is 22.3 Å². The topological polar surface area (TPSA) is 55.4 Å².